The smallest absolute Gasteiger partial charge is 0.254 e. The SMILES string of the molecule is Cc1cc(N[C@H]2c3ccccc3CCC[C@@H]2C)n2ncnc2n1. The van der Waals surface area contributed by atoms with E-state index in [0.717, 1.165) is 17.9 Å². The summed E-state index contributed by atoms with van der Waals surface area (Å²) in [5.41, 5.74) is 3.80. The monoisotopic (exact) mass is 307 g/mol. The highest BCUT2D eigenvalue weighted by molar-refractivity contribution is 5.48. The summed E-state index contributed by atoms with van der Waals surface area (Å²) in [5.74, 6) is 2.16. The first-order valence-electron chi connectivity index (χ1n) is 8.24. The van der Waals surface area contributed by atoms with E-state index in [9.17, 15) is 0 Å². The fraction of sp³-hybridized carbons (Fsp3) is 0.389. The second kappa shape index (κ2) is 5.65. The molecular weight excluding hydrogens is 286 g/mol. The first kappa shape index (κ1) is 14.2. The molecule has 2 heterocycles. The van der Waals surface area contributed by atoms with Gasteiger partial charge in [-0.2, -0.15) is 14.6 Å². The molecule has 0 bridgehead atoms. The van der Waals surface area contributed by atoms with Gasteiger partial charge in [0.2, 0.25) is 0 Å². The maximum Gasteiger partial charge on any atom is 0.254 e. The van der Waals surface area contributed by atoms with Gasteiger partial charge in [-0.3, -0.25) is 0 Å². The van der Waals surface area contributed by atoms with Crippen LogP contribution in [0.25, 0.3) is 5.78 Å². The number of nitrogens with one attached hydrogen (secondary N) is 1. The third kappa shape index (κ3) is 2.56. The van der Waals surface area contributed by atoms with Crippen molar-refractivity contribution in [3.63, 3.8) is 0 Å². The lowest BCUT2D eigenvalue weighted by atomic mass is 9.92. The van der Waals surface area contributed by atoms with Gasteiger partial charge >= 0.3 is 0 Å². The Kier molecular flexibility index (Phi) is 3.48. The van der Waals surface area contributed by atoms with Gasteiger partial charge in [0, 0.05) is 11.8 Å². The Morgan fingerprint density at radius 2 is 2.13 bits per heavy atom. The normalized spacial score (nSPS) is 21.0. The van der Waals surface area contributed by atoms with Crippen molar-refractivity contribution in [1.29, 1.82) is 0 Å². The molecule has 2 atom stereocenters. The fourth-order valence-corrected chi connectivity index (χ4v) is 3.57. The van der Waals surface area contributed by atoms with Crippen LogP contribution in [0, 0.1) is 12.8 Å². The third-order valence-corrected chi connectivity index (χ3v) is 4.75. The lowest BCUT2D eigenvalue weighted by molar-refractivity contribution is 0.462. The summed E-state index contributed by atoms with van der Waals surface area (Å²) in [4.78, 5) is 8.64. The lowest BCUT2D eigenvalue weighted by Crippen LogP contribution is -2.20. The van der Waals surface area contributed by atoms with E-state index < -0.39 is 0 Å². The topological polar surface area (TPSA) is 55.1 Å². The summed E-state index contributed by atoms with van der Waals surface area (Å²) in [7, 11) is 0. The van der Waals surface area contributed by atoms with Crippen LogP contribution < -0.4 is 5.32 Å². The summed E-state index contributed by atoms with van der Waals surface area (Å²) in [6.45, 7) is 4.32. The first-order chi connectivity index (χ1) is 11.2. The Labute approximate surface area is 135 Å². The maximum atomic E-state index is 4.42. The predicted octanol–water partition coefficient (Wildman–Crippen LogP) is 3.56. The minimum Gasteiger partial charge on any atom is -0.363 e. The molecule has 3 aromatic rings. The molecular formula is C18H21N5. The van der Waals surface area contributed by atoms with Crippen molar-refractivity contribution in [3.05, 3.63) is 53.5 Å². The minimum absolute atomic E-state index is 0.280. The molecule has 0 fully saturated rings. The highest BCUT2D eigenvalue weighted by Crippen LogP contribution is 2.35. The van der Waals surface area contributed by atoms with Crippen LogP contribution >= 0.6 is 0 Å². The van der Waals surface area contributed by atoms with Gasteiger partial charge in [-0.15, -0.1) is 0 Å². The van der Waals surface area contributed by atoms with Gasteiger partial charge < -0.3 is 5.32 Å². The van der Waals surface area contributed by atoms with Gasteiger partial charge in [0.15, 0.2) is 0 Å². The van der Waals surface area contributed by atoms with Gasteiger partial charge in [0.05, 0.1) is 6.04 Å². The van der Waals surface area contributed by atoms with Crippen molar-refractivity contribution >= 4 is 11.6 Å². The Hall–Kier alpha value is -2.43. The summed E-state index contributed by atoms with van der Waals surface area (Å²) in [6.07, 6.45) is 5.17. The van der Waals surface area contributed by atoms with Gasteiger partial charge in [0.1, 0.15) is 12.1 Å². The predicted molar refractivity (Wildman–Crippen MR) is 90.4 cm³/mol. The number of hydrogen-bond acceptors (Lipinski definition) is 4. The highest BCUT2D eigenvalue weighted by Gasteiger charge is 2.25. The number of anilines is 1. The van der Waals surface area contributed by atoms with E-state index in [0.29, 0.717) is 11.7 Å². The summed E-state index contributed by atoms with van der Waals surface area (Å²) >= 11 is 0. The zero-order valence-electron chi connectivity index (χ0n) is 13.5. The molecule has 118 valence electrons. The molecule has 1 N–H and O–H groups in total. The maximum absolute atomic E-state index is 4.42. The molecule has 0 amide bonds. The van der Waals surface area contributed by atoms with E-state index in [2.05, 4.69) is 51.6 Å². The molecule has 4 rings (SSSR count). The van der Waals surface area contributed by atoms with Crippen LogP contribution in [0.2, 0.25) is 0 Å². The average molecular weight is 307 g/mol. The van der Waals surface area contributed by atoms with E-state index in [-0.39, 0.29) is 6.04 Å². The molecule has 1 aliphatic carbocycles. The number of hydrogen-bond donors (Lipinski definition) is 1. The van der Waals surface area contributed by atoms with Crippen LogP contribution in [-0.2, 0) is 6.42 Å². The molecule has 1 aromatic carbocycles. The van der Waals surface area contributed by atoms with Crippen molar-refractivity contribution in [2.45, 2.75) is 39.2 Å². The number of aryl methyl sites for hydroxylation is 2. The number of benzene rings is 1. The van der Waals surface area contributed by atoms with Gasteiger partial charge in [0.25, 0.3) is 5.78 Å². The largest absolute Gasteiger partial charge is 0.363 e. The Bertz CT molecular complexity index is 838. The molecule has 2 aromatic heterocycles. The van der Waals surface area contributed by atoms with Crippen LogP contribution in [0.3, 0.4) is 0 Å². The number of aromatic nitrogens is 4. The second-order valence-corrected chi connectivity index (χ2v) is 6.44. The average Bonchev–Trinajstić information content (AvgIpc) is 2.95. The Morgan fingerprint density at radius 1 is 1.26 bits per heavy atom. The van der Waals surface area contributed by atoms with E-state index in [1.165, 1.54) is 24.0 Å². The first-order valence-corrected chi connectivity index (χ1v) is 8.24. The Morgan fingerprint density at radius 3 is 3.04 bits per heavy atom. The van der Waals surface area contributed by atoms with Crippen molar-refractivity contribution in [2.75, 3.05) is 5.32 Å². The van der Waals surface area contributed by atoms with Crippen molar-refractivity contribution in [1.82, 2.24) is 19.6 Å². The zero-order chi connectivity index (χ0) is 15.8. The van der Waals surface area contributed by atoms with E-state index in [1.807, 2.05) is 13.0 Å². The van der Waals surface area contributed by atoms with Gasteiger partial charge in [-0.05, 0) is 43.2 Å². The zero-order valence-corrected chi connectivity index (χ0v) is 13.5. The summed E-state index contributed by atoms with van der Waals surface area (Å²) < 4.78 is 1.78. The standard InChI is InChI=1S/C18H21N5/c1-12-6-5-8-14-7-3-4-9-15(14)17(12)22-16-10-13(2)21-18-19-11-20-23(16)18/h3-4,7,9-12,17,22H,5-6,8H2,1-2H3/t12-,17+/m0/s1. The molecule has 23 heavy (non-hydrogen) atoms. The molecule has 5 nitrogen and oxygen atoms in total. The molecule has 5 heteroatoms. The molecule has 0 spiro atoms. The number of nitrogens with zero attached hydrogens (tertiary/aromatic N) is 4. The molecule has 0 saturated carbocycles. The number of rotatable bonds is 2. The van der Waals surface area contributed by atoms with E-state index in [4.69, 9.17) is 0 Å². The van der Waals surface area contributed by atoms with Crippen molar-refractivity contribution < 1.29 is 0 Å². The van der Waals surface area contributed by atoms with Gasteiger partial charge in [-0.1, -0.05) is 31.2 Å². The summed E-state index contributed by atoms with van der Waals surface area (Å²) in [5, 5.41) is 8.03. The third-order valence-electron chi connectivity index (χ3n) is 4.75. The highest BCUT2D eigenvalue weighted by atomic mass is 15.4. The quantitative estimate of drug-likeness (QED) is 0.736. The molecule has 0 unspecified atom stereocenters. The van der Waals surface area contributed by atoms with Crippen LogP contribution in [0.5, 0.6) is 0 Å². The molecule has 0 aliphatic heterocycles. The van der Waals surface area contributed by atoms with Crippen LogP contribution in [0.15, 0.2) is 36.7 Å². The number of fused-ring (bicyclic) bond motifs is 2. The second-order valence-electron chi connectivity index (χ2n) is 6.44. The van der Waals surface area contributed by atoms with Crippen molar-refractivity contribution in [2.24, 2.45) is 5.92 Å². The summed E-state index contributed by atoms with van der Waals surface area (Å²) in [6, 6.07) is 11.1. The molecule has 0 radical (unpaired) electrons. The van der Waals surface area contributed by atoms with Crippen molar-refractivity contribution in [3.8, 4) is 0 Å². The van der Waals surface area contributed by atoms with E-state index >= 15 is 0 Å². The van der Waals surface area contributed by atoms with Crippen LogP contribution in [0.4, 0.5) is 5.82 Å². The van der Waals surface area contributed by atoms with Crippen LogP contribution in [0.1, 0.15) is 42.6 Å². The fourth-order valence-electron chi connectivity index (χ4n) is 3.57. The molecule has 0 saturated heterocycles. The minimum atomic E-state index is 0.280. The Balaban J connectivity index is 1.78. The van der Waals surface area contributed by atoms with Gasteiger partial charge in [-0.25, -0.2) is 4.98 Å². The lowest BCUT2D eigenvalue weighted by Gasteiger charge is -2.26. The van der Waals surface area contributed by atoms with Crippen LogP contribution in [-0.4, -0.2) is 19.6 Å². The van der Waals surface area contributed by atoms with E-state index in [1.54, 1.807) is 10.8 Å². The molecule has 1 aliphatic rings.